The number of benzene rings is 1. The van der Waals surface area contributed by atoms with Gasteiger partial charge in [-0.05, 0) is 0 Å². The van der Waals surface area contributed by atoms with Crippen LogP contribution in [0.25, 0.3) is 0 Å². The molecule has 2 heterocycles. The predicted molar refractivity (Wildman–Crippen MR) is 67.0 cm³/mol. The van der Waals surface area contributed by atoms with E-state index in [1.54, 1.807) is 4.90 Å². The molecule has 2 saturated heterocycles. The normalized spacial score (nSPS) is 20.9. The van der Waals surface area contributed by atoms with Crippen molar-refractivity contribution < 1.29 is 27.5 Å². The Kier molecular flexibility index (Phi) is 5.40. The van der Waals surface area contributed by atoms with Crippen molar-refractivity contribution in [3.05, 3.63) is 35.9 Å². The van der Waals surface area contributed by atoms with E-state index in [9.17, 15) is 18.0 Å². The largest absolute Gasteiger partial charge is 0.379 e. The highest BCUT2D eigenvalue weighted by Gasteiger charge is 2.44. The number of carbonyl (C=O) groups excluding carboxylic acids is 1. The molecule has 1 aromatic carbocycles. The summed E-state index contributed by atoms with van der Waals surface area (Å²) in [6.45, 7) is -1.18. The smallest absolute Gasteiger partial charge is 0.378 e. The van der Waals surface area contributed by atoms with E-state index < -0.39 is 6.68 Å². The highest BCUT2D eigenvalue weighted by atomic mass is 19.4. The number of hydrogen-bond donors (Lipinski definition) is 0. The molecule has 1 atom stereocenters. The Morgan fingerprint density at radius 3 is 2.29 bits per heavy atom. The molecule has 2 aliphatic heterocycles. The van der Waals surface area contributed by atoms with E-state index in [-0.39, 0.29) is 12.3 Å². The Morgan fingerprint density at radius 1 is 1.14 bits per heavy atom. The number of alkyl halides is 3. The van der Waals surface area contributed by atoms with Gasteiger partial charge < -0.3 is 9.64 Å². The molecular weight excluding hydrogens is 289 g/mol. The summed E-state index contributed by atoms with van der Waals surface area (Å²) in [6, 6.07) is 9.67. The Bertz CT molecular complexity index is 452. The SMILES string of the molecule is FC(F)F.O=C(N1CCOCC1)N1OC1c1ccccc1. The molecule has 0 bridgehead atoms. The lowest BCUT2D eigenvalue weighted by Crippen LogP contribution is -2.42. The monoisotopic (exact) mass is 304 g/mol. The molecule has 0 aromatic heterocycles. The van der Waals surface area contributed by atoms with Crippen molar-refractivity contribution >= 4 is 6.03 Å². The maximum atomic E-state index is 12.0. The lowest BCUT2D eigenvalue weighted by atomic mass is 10.2. The fraction of sp³-hybridized carbons (Fsp3) is 0.462. The molecule has 0 radical (unpaired) electrons. The molecule has 0 spiro atoms. The van der Waals surface area contributed by atoms with Crippen molar-refractivity contribution in [2.24, 2.45) is 0 Å². The van der Waals surface area contributed by atoms with Crippen LogP contribution in [0.2, 0.25) is 0 Å². The first-order chi connectivity index (χ1) is 10.1. The number of rotatable bonds is 1. The first kappa shape index (κ1) is 15.6. The molecule has 0 saturated carbocycles. The molecule has 21 heavy (non-hydrogen) atoms. The lowest BCUT2D eigenvalue weighted by Gasteiger charge is -2.25. The molecule has 2 aliphatic rings. The molecule has 5 nitrogen and oxygen atoms in total. The molecule has 1 aromatic rings. The molecule has 0 aliphatic carbocycles. The Morgan fingerprint density at radius 2 is 1.71 bits per heavy atom. The second-order valence-electron chi connectivity index (χ2n) is 4.32. The van der Waals surface area contributed by atoms with Crippen LogP contribution in [-0.4, -0.2) is 49.0 Å². The van der Waals surface area contributed by atoms with Gasteiger partial charge in [0.2, 0.25) is 6.23 Å². The Balaban J connectivity index is 0.000000361. The van der Waals surface area contributed by atoms with Crippen LogP contribution in [0.15, 0.2) is 30.3 Å². The van der Waals surface area contributed by atoms with E-state index in [1.165, 1.54) is 5.06 Å². The molecule has 0 N–H and O–H groups in total. The van der Waals surface area contributed by atoms with Crippen molar-refractivity contribution in [2.45, 2.75) is 12.9 Å². The van der Waals surface area contributed by atoms with Crippen LogP contribution in [0.4, 0.5) is 18.0 Å². The third-order valence-corrected chi connectivity index (χ3v) is 2.94. The predicted octanol–water partition coefficient (Wildman–Crippen LogP) is 2.56. The number of nitrogens with zero attached hydrogens (tertiary/aromatic N) is 2. The second kappa shape index (κ2) is 7.28. The maximum absolute atomic E-state index is 12.0. The minimum absolute atomic E-state index is 0.0675. The van der Waals surface area contributed by atoms with E-state index in [1.807, 2.05) is 30.3 Å². The number of hydroxylamine groups is 2. The third-order valence-electron chi connectivity index (χ3n) is 2.94. The van der Waals surface area contributed by atoms with E-state index in [0.29, 0.717) is 26.3 Å². The zero-order chi connectivity index (χ0) is 15.2. The van der Waals surface area contributed by atoms with Crippen molar-refractivity contribution in [1.29, 1.82) is 0 Å². The van der Waals surface area contributed by atoms with Crippen LogP contribution in [0.5, 0.6) is 0 Å². The number of urea groups is 1. The number of hydrogen-bond acceptors (Lipinski definition) is 3. The van der Waals surface area contributed by atoms with Crippen LogP contribution in [0, 0.1) is 0 Å². The van der Waals surface area contributed by atoms with Crippen molar-refractivity contribution in [2.75, 3.05) is 26.3 Å². The van der Waals surface area contributed by atoms with Gasteiger partial charge in [-0.1, -0.05) is 30.3 Å². The first-order valence-electron chi connectivity index (χ1n) is 6.39. The van der Waals surface area contributed by atoms with Gasteiger partial charge in [-0.3, -0.25) is 0 Å². The summed E-state index contributed by atoms with van der Waals surface area (Å²) >= 11 is 0. The highest BCUT2D eigenvalue weighted by molar-refractivity contribution is 5.75. The van der Waals surface area contributed by atoms with Crippen LogP contribution >= 0.6 is 0 Å². The number of carbonyl (C=O) groups is 1. The first-order valence-corrected chi connectivity index (χ1v) is 6.39. The van der Waals surface area contributed by atoms with Crippen LogP contribution in [0.1, 0.15) is 11.8 Å². The van der Waals surface area contributed by atoms with Gasteiger partial charge in [0.05, 0.1) is 13.2 Å². The van der Waals surface area contributed by atoms with Crippen molar-refractivity contribution in [3.8, 4) is 0 Å². The Labute approximate surface area is 119 Å². The molecule has 1 unspecified atom stereocenters. The van der Waals surface area contributed by atoms with Gasteiger partial charge in [-0.2, -0.15) is 18.2 Å². The molecule has 2 amide bonds. The molecule has 8 heteroatoms. The number of amides is 2. The van der Waals surface area contributed by atoms with E-state index in [0.717, 1.165) is 5.56 Å². The van der Waals surface area contributed by atoms with Crippen LogP contribution in [-0.2, 0) is 9.57 Å². The molecular formula is C13H15F3N2O3. The van der Waals surface area contributed by atoms with E-state index in [2.05, 4.69) is 0 Å². The standard InChI is InChI=1S/C12H14N2O3.CHF3/c15-12(13-6-8-16-9-7-13)14-11(17-14)10-4-2-1-3-5-10;2-1(3)4/h1-5,11H,6-9H2;1H. The maximum Gasteiger partial charge on any atom is 0.379 e. The average Bonchev–Trinajstić information content (AvgIpc) is 3.28. The van der Waals surface area contributed by atoms with Gasteiger partial charge in [-0.15, -0.1) is 0 Å². The van der Waals surface area contributed by atoms with Gasteiger partial charge in [0.25, 0.3) is 0 Å². The molecule has 2 fully saturated rings. The third kappa shape index (κ3) is 4.61. The second-order valence-corrected chi connectivity index (χ2v) is 4.32. The van der Waals surface area contributed by atoms with Gasteiger partial charge in [0.15, 0.2) is 0 Å². The summed E-state index contributed by atoms with van der Waals surface area (Å²) in [4.78, 5) is 19.1. The number of morpholine rings is 1. The zero-order valence-electron chi connectivity index (χ0n) is 11.1. The van der Waals surface area contributed by atoms with Crippen LogP contribution in [0.3, 0.4) is 0 Å². The lowest BCUT2D eigenvalue weighted by molar-refractivity contribution is 0.00819. The minimum Gasteiger partial charge on any atom is -0.378 e. The van der Waals surface area contributed by atoms with Gasteiger partial charge >= 0.3 is 12.7 Å². The minimum atomic E-state index is -3.67. The topological polar surface area (TPSA) is 45.1 Å². The molecule has 116 valence electrons. The zero-order valence-corrected chi connectivity index (χ0v) is 11.1. The number of ether oxygens (including phenoxy) is 1. The van der Waals surface area contributed by atoms with Gasteiger partial charge in [0.1, 0.15) is 0 Å². The van der Waals surface area contributed by atoms with Crippen LogP contribution < -0.4 is 0 Å². The van der Waals surface area contributed by atoms with E-state index >= 15 is 0 Å². The number of halogens is 3. The fourth-order valence-corrected chi connectivity index (χ4v) is 1.93. The Hall–Kier alpha value is -1.80. The van der Waals surface area contributed by atoms with Gasteiger partial charge in [-0.25, -0.2) is 9.63 Å². The quantitative estimate of drug-likeness (QED) is 0.749. The summed E-state index contributed by atoms with van der Waals surface area (Å²) in [7, 11) is 0. The van der Waals surface area contributed by atoms with Crippen molar-refractivity contribution in [3.63, 3.8) is 0 Å². The summed E-state index contributed by atoms with van der Waals surface area (Å²) < 4.78 is 34.2. The summed E-state index contributed by atoms with van der Waals surface area (Å²) in [6.07, 6.45) is -0.216. The van der Waals surface area contributed by atoms with Gasteiger partial charge in [0, 0.05) is 18.7 Å². The fourth-order valence-electron chi connectivity index (χ4n) is 1.93. The summed E-state index contributed by atoms with van der Waals surface area (Å²) in [5.74, 6) is 0. The summed E-state index contributed by atoms with van der Waals surface area (Å²) in [5.41, 5.74) is 1.01. The van der Waals surface area contributed by atoms with E-state index in [4.69, 9.17) is 9.57 Å². The summed E-state index contributed by atoms with van der Waals surface area (Å²) in [5, 5.41) is 1.42. The highest BCUT2D eigenvalue weighted by Crippen LogP contribution is 2.37. The molecule has 3 rings (SSSR count). The average molecular weight is 304 g/mol. The van der Waals surface area contributed by atoms with Crippen molar-refractivity contribution in [1.82, 2.24) is 9.96 Å².